The van der Waals surface area contributed by atoms with Gasteiger partial charge in [0.15, 0.2) is 0 Å². The van der Waals surface area contributed by atoms with Crippen molar-refractivity contribution in [3.05, 3.63) is 41.6 Å². The van der Waals surface area contributed by atoms with Crippen LogP contribution < -0.4 is 20.7 Å². The van der Waals surface area contributed by atoms with E-state index in [0.717, 1.165) is 24.2 Å². The van der Waals surface area contributed by atoms with Crippen molar-refractivity contribution in [3.8, 4) is 5.75 Å². The molecule has 1 saturated carbocycles. The Morgan fingerprint density at radius 2 is 2.07 bits per heavy atom. The molecule has 4 N–H and O–H groups in total. The van der Waals surface area contributed by atoms with Gasteiger partial charge in [0.25, 0.3) is 5.91 Å². The smallest absolute Gasteiger partial charge is 0.256 e. The quantitative estimate of drug-likeness (QED) is 0.455. The minimum atomic E-state index is -0.241. The van der Waals surface area contributed by atoms with Crippen LogP contribution in [0.5, 0.6) is 5.75 Å². The third-order valence-electron chi connectivity index (χ3n) is 4.98. The Kier molecular flexibility index (Phi) is 7.63. The Bertz CT molecular complexity index is 809. The number of aliphatic hydroxyl groups is 1. The van der Waals surface area contributed by atoms with E-state index < -0.39 is 0 Å². The maximum absolute atomic E-state index is 12.5. The van der Waals surface area contributed by atoms with Crippen molar-refractivity contribution in [1.29, 1.82) is 0 Å². The van der Waals surface area contributed by atoms with Crippen LogP contribution in [-0.2, 0) is 6.54 Å². The van der Waals surface area contributed by atoms with Crippen LogP contribution in [0.15, 0.2) is 30.5 Å². The lowest BCUT2D eigenvalue weighted by atomic mass is 10.2. The standard InChI is InChI=1S/C21H29N5O3/c1-29-18-10-5-2-7-15(18)13-23-21-24-14-17(20(28)22-11-6-12-27)19(26-21)25-16-8-3-4-9-16/h2,5,7,10,14,16,27H,3-4,6,8-9,11-13H2,1H3,(H,22,28)(H2,23,24,25,26). The lowest BCUT2D eigenvalue weighted by Crippen LogP contribution is -2.28. The topological polar surface area (TPSA) is 108 Å². The van der Waals surface area contributed by atoms with Gasteiger partial charge in [-0.1, -0.05) is 31.0 Å². The van der Waals surface area contributed by atoms with Gasteiger partial charge in [-0.25, -0.2) is 4.98 Å². The Labute approximate surface area is 171 Å². The predicted molar refractivity (Wildman–Crippen MR) is 112 cm³/mol. The molecule has 0 atom stereocenters. The monoisotopic (exact) mass is 399 g/mol. The van der Waals surface area contributed by atoms with E-state index in [9.17, 15) is 4.79 Å². The Morgan fingerprint density at radius 3 is 2.83 bits per heavy atom. The molecule has 0 spiro atoms. The van der Waals surface area contributed by atoms with Crippen LogP contribution in [0.3, 0.4) is 0 Å². The molecule has 1 aromatic carbocycles. The summed E-state index contributed by atoms with van der Waals surface area (Å²) in [6.07, 6.45) is 6.55. The number of ether oxygens (including phenoxy) is 1. The number of carbonyl (C=O) groups is 1. The molecule has 0 bridgehead atoms. The molecule has 8 nitrogen and oxygen atoms in total. The molecule has 1 aliphatic rings. The Balaban J connectivity index is 1.74. The first-order valence-corrected chi connectivity index (χ1v) is 10.1. The maximum Gasteiger partial charge on any atom is 0.256 e. The van der Waals surface area contributed by atoms with Gasteiger partial charge in [0.05, 0.1) is 7.11 Å². The number of hydrogen-bond donors (Lipinski definition) is 4. The number of anilines is 2. The van der Waals surface area contributed by atoms with Crippen LogP contribution in [0.1, 0.15) is 48.0 Å². The molecule has 0 aliphatic heterocycles. The number of carbonyl (C=O) groups excluding carboxylic acids is 1. The molecule has 1 amide bonds. The van der Waals surface area contributed by atoms with Gasteiger partial charge in [-0.05, 0) is 25.3 Å². The molecule has 1 aliphatic carbocycles. The fourth-order valence-electron chi connectivity index (χ4n) is 3.41. The number of aliphatic hydroxyl groups excluding tert-OH is 1. The van der Waals surface area contributed by atoms with Gasteiger partial charge in [-0.3, -0.25) is 4.79 Å². The number of hydrogen-bond acceptors (Lipinski definition) is 7. The lowest BCUT2D eigenvalue weighted by molar-refractivity contribution is 0.0951. The first-order valence-electron chi connectivity index (χ1n) is 10.1. The highest BCUT2D eigenvalue weighted by Crippen LogP contribution is 2.24. The highest BCUT2D eigenvalue weighted by atomic mass is 16.5. The SMILES string of the molecule is COc1ccccc1CNc1ncc(C(=O)NCCCO)c(NC2CCCC2)n1. The molecular weight excluding hydrogens is 370 g/mol. The fourth-order valence-corrected chi connectivity index (χ4v) is 3.41. The number of methoxy groups -OCH3 is 1. The zero-order valence-corrected chi connectivity index (χ0v) is 16.8. The number of benzene rings is 1. The number of nitrogens with one attached hydrogen (secondary N) is 3. The average Bonchev–Trinajstić information content (AvgIpc) is 3.25. The van der Waals surface area contributed by atoms with Crippen molar-refractivity contribution in [2.75, 3.05) is 30.9 Å². The van der Waals surface area contributed by atoms with Gasteiger partial charge in [-0.2, -0.15) is 4.98 Å². The molecule has 29 heavy (non-hydrogen) atoms. The number of amides is 1. The molecule has 1 fully saturated rings. The summed E-state index contributed by atoms with van der Waals surface area (Å²) in [5, 5.41) is 18.3. The lowest BCUT2D eigenvalue weighted by Gasteiger charge is -2.17. The highest BCUT2D eigenvalue weighted by molar-refractivity contribution is 5.98. The van der Waals surface area contributed by atoms with E-state index in [1.807, 2.05) is 24.3 Å². The van der Waals surface area contributed by atoms with Crippen LogP contribution in [0.4, 0.5) is 11.8 Å². The van der Waals surface area contributed by atoms with E-state index in [1.165, 1.54) is 12.8 Å². The van der Waals surface area contributed by atoms with Gasteiger partial charge in [0, 0.05) is 37.5 Å². The summed E-state index contributed by atoms with van der Waals surface area (Å²) in [6, 6.07) is 8.08. The van der Waals surface area contributed by atoms with Gasteiger partial charge in [-0.15, -0.1) is 0 Å². The summed E-state index contributed by atoms with van der Waals surface area (Å²) in [5.41, 5.74) is 1.41. The first kappa shape index (κ1) is 20.9. The first-order chi connectivity index (χ1) is 14.2. The Morgan fingerprint density at radius 1 is 1.28 bits per heavy atom. The minimum Gasteiger partial charge on any atom is -0.496 e. The third kappa shape index (κ3) is 5.80. The molecule has 1 aromatic heterocycles. The molecule has 0 radical (unpaired) electrons. The fraction of sp³-hybridized carbons (Fsp3) is 0.476. The number of aromatic nitrogens is 2. The number of rotatable bonds is 10. The van der Waals surface area contributed by atoms with Crippen molar-refractivity contribution >= 4 is 17.7 Å². The summed E-state index contributed by atoms with van der Waals surface area (Å²) in [6.45, 7) is 0.955. The molecule has 3 rings (SSSR count). The van der Waals surface area contributed by atoms with E-state index in [4.69, 9.17) is 9.84 Å². The molecule has 1 heterocycles. The Hall–Kier alpha value is -2.87. The normalized spacial score (nSPS) is 13.9. The summed E-state index contributed by atoms with van der Waals surface area (Å²) >= 11 is 0. The van der Waals surface area contributed by atoms with Crippen LogP contribution in [-0.4, -0.2) is 47.3 Å². The zero-order chi connectivity index (χ0) is 20.5. The molecule has 2 aromatic rings. The number of nitrogens with zero attached hydrogens (tertiary/aromatic N) is 2. The average molecular weight is 399 g/mol. The second-order valence-electron chi connectivity index (χ2n) is 7.08. The van der Waals surface area contributed by atoms with Gasteiger partial charge < -0.3 is 25.8 Å². The molecule has 0 unspecified atom stereocenters. The van der Waals surface area contributed by atoms with E-state index in [2.05, 4.69) is 25.9 Å². The van der Waals surface area contributed by atoms with Gasteiger partial charge in [0.2, 0.25) is 5.95 Å². The summed E-state index contributed by atoms with van der Waals surface area (Å²) in [5.74, 6) is 1.54. The summed E-state index contributed by atoms with van der Waals surface area (Å²) in [4.78, 5) is 21.4. The highest BCUT2D eigenvalue weighted by Gasteiger charge is 2.20. The maximum atomic E-state index is 12.5. The van der Waals surface area contributed by atoms with Gasteiger partial charge in [0.1, 0.15) is 17.1 Å². The second kappa shape index (κ2) is 10.6. The summed E-state index contributed by atoms with van der Waals surface area (Å²) < 4.78 is 5.38. The molecule has 8 heteroatoms. The molecular formula is C21H29N5O3. The van der Waals surface area contributed by atoms with E-state index in [0.29, 0.717) is 42.9 Å². The van der Waals surface area contributed by atoms with Crippen LogP contribution in [0.25, 0.3) is 0 Å². The van der Waals surface area contributed by atoms with Crippen molar-refractivity contribution < 1.29 is 14.6 Å². The van der Waals surface area contributed by atoms with Crippen LogP contribution >= 0.6 is 0 Å². The predicted octanol–water partition coefficient (Wildman–Crippen LogP) is 2.56. The van der Waals surface area contributed by atoms with Gasteiger partial charge >= 0.3 is 0 Å². The minimum absolute atomic E-state index is 0.0375. The largest absolute Gasteiger partial charge is 0.496 e. The van der Waals surface area contributed by atoms with Crippen LogP contribution in [0.2, 0.25) is 0 Å². The van der Waals surface area contributed by atoms with Crippen molar-refractivity contribution in [2.24, 2.45) is 0 Å². The van der Waals surface area contributed by atoms with Crippen molar-refractivity contribution in [1.82, 2.24) is 15.3 Å². The van der Waals surface area contributed by atoms with Crippen molar-refractivity contribution in [2.45, 2.75) is 44.7 Å². The van der Waals surface area contributed by atoms with E-state index in [1.54, 1.807) is 13.3 Å². The summed E-state index contributed by atoms with van der Waals surface area (Å²) in [7, 11) is 1.64. The molecule has 0 saturated heterocycles. The zero-order valence-electron chi connectivity index (χ0n) is 16.8. The van der Waals surface area contributed by atoms with Crippen molar-refractivity contribution in [3.63, 3.8) is 0 Å². The van der Waals surface area contributed by atoms with E-state index >= 15 is 0 Å². The van der Waals surface area contributed by atoms with E-state index in [-0.39, 0.29) is 12.5 Å². The molecule has 156 valence electrons. The third-order valence-corrected chi connectivity index (χ3v) is 4.98. The second-order valence-corrected chi connectivity index (χ2v) is 7.08. The number of para-hydroxylation sites is 1. The van der Waals surface area contributed by atoms with Crippen LogP contribution in [0, 0.1) is 0 Å².